The summed E-state index contributed by atoms with van der Waals surface area (Å²) >= 11 is 2.10. The quantitative estimate of drug-likeness (QED) is 0.0905. The van der Waals surface area contributed by atoms with Crippen LogP contribution in [0.1, 0.15) is 11.0 Å². The van der Waals surface area contributed by atoms with Crippen molar-refractivity contribution in [2.75, 3.05) is 31.8 Å². The molecule has 3 N–H and O–H groups in total. The Hall–Kier alpha value is -3.00. The third kappa shape index (κ3) is 9.47. The summed E-state index contributed by atoms with van der Waals surface area (Å²) in [6.07, 6.45) is -0.932. The fourth-order valence-corrected chi connectivity index (χ4v) is 3.83. The van der Waals surface area contributed by atoms with Crippen LogP contribution in [-0.4, -0.2) is 64.4 Å². The molecule has 13 heteroatoms. The molecule has 2 rings (SSSR count). The highest BCUT2D eigenvalue weighted by Crippen LogP contribution is 2.29. The normalized spacial score (nSPS) is 12.3. The van der Waals surface area contributed by atoms with E-state index in [-0.39, 0.29) is 24.6 Å². The lowest BCUT2D eigenvalue weighted by molar-refractivity contribution is -0.384. The molecule has 0 radical (unpaired) electrons. The summed E-state index contributed by atoms with van der Waals surface area (Å²) in [4.78, 5) is 33.6. The van der Waals surface area contributed by atoms with E-state index in [4.69, 9.17) is 14.2 Å². The molecule has 184 valence electrons. The highest BCUT2D eigenvalue weighted by atomic mass is 32.2. The molecular formula is C21H24N2O9S2. The van der Waals surface area contributed by atoms with E-state index in [9.17, 15) is 29.9 Å². The number of thioether (sulfide) groups is 2. The molecule has 0 aromatic heterocycles. The van der Waals surface area contributed by atoms with Crippen molar-refractivity contribution in [1.82, 2.24) is 5.32 Å². The number of amides is 1. The summed E-state index contributed by atoms with van der Waals surface area (Å²) in [5, 5.41) is 33.3. The molecule has 11 nitrogen and oxygen atoms in total. The molecule has 0 saturated carbocycles. The summed E-state index contributed by atoms with van der Waals surface area (Å²) < 4.78 is 14.9. The molecule has 0 aliphatic rings. The Kier molecular flexibility index (Phi) is 11.5. The number of aliphatic hydroxyl groups is 2. The minimum absolute atomic E-state index is 0.0664. The molecule has 2 aromatic carbocycles. The Morgan fingerprint density at radius 3 is 2.32 bits per heavy atom. The van der Waals surface area contributed by atoms with Crippen LogP contribution in [0.25, 0.3) is 0 Å². The van der Waals surface area contributed by atoms with Crippen LogP contribution in [-0.2, 0) is 9.53 Å². The number of benzene rings is 2. The van der Waals surface area contributed by atoms with Gasteiger partial charge in [-0.05, 0) is 29.8 Å². The zero-order chi connectivity index (χ0) is 24.9. The average molecular weight is 513 g/mol. The molecule has 0 saturated heterocycles. The number of nitrogens with zero attached hydrogens (tertiary/aromatic N) is 1. The predicted molar refractivity (Wildman–Crippen MR) is 127 cm³/mol. The van der Waals surface area contributed by atoms with Crippen molar-refractivity contribution in [3.8, 4) is 11.5 Å². The Labute approximate surface area is 203 Å². The molecule has 2 atom stereocenters. The second kappa shape index (κ2) is 14.3. The molecular weight excluding hydrogens is 488 g/mol. The summed E-state index contributed by atoms with van der Waals surface area (Å²) in [6.45, 7) is 0.337. The SMILES string of the molecule is COc1ccc(C(O)SC(O)C(=O)NCCSCCOC(=O)Oc2ccc([N+](=O)[O-])cc2)cc1. The Morgan fingerprint density at radius 1 is 1.06 bits per heavy atom. The maximum atomic E-state index is 12.0. The van der Waals surface area contributed by atoms with E-state index in [1.54, 1.807) is 24.3 Å². The number of nitrogens with one attached hydrogen (secondary N) is 1. The first kappa shape index (κ1) is 27.2. The van der Waals surface area contributed by atoms with Crippen molar-refractivity contribution in [2.45, 2.75) is 10.9 Å². The van der Waals surface area contributed by atoms with Gasteiger partial charge in [-0.3, -0.25) is 14.9 Å². The zero-order valence-electron chi connectivity index (χ0n) is 18.1. The van der Waals surface area contributed by atoms with Gasteiger partial charge >= 0.3 is 6.16 Å². The lowest BCUT2D eigenvalue weighted by Crippen LogP contribution is -2.34. The molecule has 2 aromatic rings. The van der Waals surface area contributed by atoms with Crippen LogP contribution in [0.2, 0.25) is 0 Å². The molecule has 0 aliphatic carbocycles. The number of hydrogen-bond donors (Lipinski definition) is 3. The van der Waals surface area contributed by atoms with Crippen LogP contribution in [0.3, 0.4) is 0 Å². The second-order valence-corrected chi connectivity index (χ2v) is 8.86. The van der Waals surface area contributed by atoms with E-state index in [1.807, 2.05) is 0 Å². The number of carbonyl (C=O) groups is 2. The lowest BCUT2D eigenvalue weighted by Gasteiger charge is -2.16. The minimum atomic E-state index is -1.44. The summed E-state index contributed by atoms with van der Waals surface area (Å²) in [5.41, 5.74) is -2.12. The van der Waals surface area contributed by atoms with Crippen molar-refractivity contribution >= 4 is 41.3 Å². The number of methoxy groups -OCH3 is 1. The van der Waals surface area contributed by atoms with Gasteiger partial charge in [-0.15, -0.1) is 0 Å². The number of nitro benzene ring substituents is 1. The maximum absolute atomic E-state index is 12.0. The van der Waals surface area contributed by atoms with Gasteiger partial charge in [-0.1, -0.05) is 23.9 Å². The van der Waals surface area contributed by atoms with Gasteiger partial charge in [0.05, 0.1) is 12.0 Å². The molecule has 0 bridgehead atoms. The minimum Gasteiger partial charge on any atom is -0.497 e. The molecule has 34 heavy (non-hydrogen) atoms. The molecule has 0 heterocycles. The molecule has 0 aliphatic heterocycles. The van der Waals surface area contributed by atoms with Gasteiger partial charge in [0.2, 0.25) is 0 Å². The van der Waals surface area contributed by atoms with Crippen LogP contribution in [0.15, 0.2) is 48.5 Å². The summed E-state index contributed by atoms with van der Waals surface area (Å²) in [7, 11) is 1.53. The van der Waals surface area contributed by atoms with E-state index < -0.39 is 27.9 Å². The van der Waals surface area contributed by atoms with Crippen molar-refractivity contribution in [3.05, 3.63) is 64.2 Å². The average Bonchev–Trinajstić information content (AvgIpc) is 2.83. The van der Waals surface area contributed by atoms with Gasteiger partial charge in [0, 0.05) is 30.2 Å². The predicted octanol–water partition coefficient (Wildman–Crippen LogP) is 2.71. The number of non-ortho nitro benzene ring substituents is 1. The second-order valence-electron chi connectivity index (χ2n) is 6.47. The Morgan fingerprint density at radius 2 is 1.71 bits per heavy atom. The zero-order valence-corrected chi connectivity index (χ0v) is 19.8. The van der Waals surface area contributed by atoms with Gasteiger partial charge in [-0.25, -0.2) is 4.79 Å². The lowest BCUT2D eigenvalue weighted by atomic mass is 10.2. The largest absolute Gasteiger partial charge is 0.513 e. The van der Waals surface area contributed by atoms with Crippen LogP contribution in [0, 0.1) is 10.1 Å². The van der Waals surface area contributed by atoms with E-state index in [0.29, 0.717) is 34.6 Å². The topological polar surface area (TPSA) is 157 Å². The number of hydrogen-bond acceptors (Lipinski definition) is 11. The first-order chi connectivity index (χ1) is 16.3. The van der Waals surface area contributed by atoms with Crippen molar-refractivity contribution in [1.29, 1.82) is 0 Å². The number of rotatable bonds is 13. The van der Waals surface area contributed by atoms with Crippen molar-refractivity contribution < 1.29 is 38.9 Å². The van der Waals surface area contributed by atoms with Crippen LogP contribution >= 0.6 is 23.5 Å². The standard InChI is InChI=1S/C21H24N2O9S2/c1-30-16-6-2-14(3-7-16)19(25)34-20(26)18(24)22-10-12-33-13-11-31-21(27)32-17-8-4-15(5-9-17)23(28)29/h2-9,19-20,25-26H,10-13H2,1H3,(H,22,24). The molecule has 1 amide bonds. The summed E-state index contributed by atoms with van der Waals surface area (Å²) in [5.74, 6) is 1.08. The Bertz CT molecular complexity index is 942. The van der Waals surface area contributed by atoms with E-state index in [2.05, 4.69) is 5.32 Å². The van der Waals surface area contributed by atoms with Gasteiger partial charge in [0.25, 0.3) is 11.6 Å². The highest BCUT2D eigenvalue weighted by Gasteiger charge is 2.20. The van der Waals surface area contributed by atoms with Crippen LogP contribution in [0.4, 0.5) is 10.5 Å². The van der Waals surface area contributed by atoms with Crippen LogP contribution in [0.5, 0.6) is 11.5 Å². The van der Waals surface area contributed by atoms with Gasteiger partial charge in [0.1, 0.15) is 23.5 Å². The fourth-order valence-electron chi connectivity index (χ4n) is 2.41. The Balaban J connectivity index is 1.55. The first-order valence-electron chi connectivity index (χ1n) is 9.90. The van der Waals surface area contributed by atoms with Crippen LogP contribution < -0.4 is 14.8 Å². The van der Waals surface area contributed by atoms with E-state index in [1.165, 1.54) is 43.1 Å². The number of carbonyl (C=O) groups excluding carboxylic acids is 2. The van der Waals surface area contributed by atoms with E-state index >= 15 is 0 Å². The highest BCUT2D eigenvalue weighted by molar-refractivity contribution is 8.00. The third-order valence-electron chi connectivity index (χ3n) is 4.12. The molecule has 0 fully saturated rings. The van der Waals surface area contributed by atoms with Crippen molar-refractivity contribution in [3.63, 3.8) is 0 Å². The van der Waals surface area contributed by atoms with E-state index in [0.717, 1.165) is 0 Å². The van der Waals surface area contributed by atoms with Crippen molar-refractivity contribution in [2.24, 2.45) is 0 Å². The third-order valence-corrected chi connectivity index (χ3v) is 6.07. The maximum Gasteiger partial charge on any atom is 0.513 e. The number of nitro groups is 1. The monoisotopic (exact) mass is 512 g/mol. The first-order valence-corrected chi connectivity index (χ1v) is 12.0. The molecule has 0 spiro atoms. The smallest absolute Gasteiger partial charge is 0.497 e. The summed E-state index contributed by atoms with van der Waals surface area (Å²) in [6, 6.07) is 11.6. The number of ether oxygens (including phenoxy) is 3. The number of aliphatic hydroxyl groups excluding tert-OH is 2. The fraction of sp³-hybridized carbons (Fsp3) is 0.333. The molecule has 2 unspecified atom stereocenters. The van der Waals surface area contributed by atoms with Gasteiger partial charge < -0.3 is 29.7 Å². The van der Waals surface area contributed by atoms with Gasteiger partial charge in [0.15, 0.2) is 5.44 Å². The van der Waals surface area contributed by atoms with Gasteiger partial charge in [-0.2, -0.15) is 11.8 Å².